The zero-order valence-electron chi connectivity index (χ0n) is 17.2. The van der Waals surface area contributed by atoms with E-state index >= 15 is 0 Å². The van der Waals surface area contributed by atoms with Crippen LogP contribution in [0.4, 0.5) is 5.69 Å². The Balaban J connectivity index is 1.52. The molecule has 0 saturated carbocycles. The van der Waals surface area contributed by atoms with Crippen molar-refractivity contribution in [3.05, 3.63) is 96.1 Å². The summed E-state index contributed by atoms with van der Waals surface area (Å²) in [6, 6.07) is 25.2. The van der Waals surface area contributed by atoms with Crippen molar-refractivity contribution in [1.82, 2.24) is 0 Å². The second kappa shape index (κ2) is 11.5. The zero-order valence-corrected chi connectivity index (χ0v) is 17.2. The van der Waals surface area contributed by atoms with E-state index in [9.17, 15) is 4.79 Å². The second-order valence-corrected chi connectivity index (χ2v) is 6.86. The summed E-state index contributed by atoms with van der Waals surface area (Å²) in [5.74, 6) is 1.28. The molecule has 0 spiro atoms. The van der Waals surface area contributed by atoms with Gasteiger partial charge in [-0.2, -0.15) is 0 Å². The van der Waals surface area contributed by atoms with E-state index < -0.39 is 0 Å². The number of carbonyl (C=O) groups is 1. The molecule has 4 heteroatoms. The van der Waals surface area contributed by atoms with Crippen molar-refractivity contribution in [2.75, 3.05) is 11.9 Å². The molecule has 1 N–H and O–H groups in total. The summed E-state index contributed by atoms with van der Waals surface area (Å²) in [6.45, 7) is 3.28. The Morgan fingerprint density at radius 2 is 1.63 bits per heavy atom. The number of unbranched alkanes of at least 4 members (excludes halogenated alkanes) is 1. The van der Waals surface area contributed by atoms with Gasteiger partial charge in [0, 0.05) is 6.08 Å². The van der Waals surface area contributed by atoms with Gasteiger partial charge in [0.1, 0.15) is 18.1 Å². The van der Waals surface area contributed by atoms with Gasteiger partial charge in [0.25, 0.3) is 0 Å². The average molecular weight is 402 g/mol. The molecule has 0 aliphatic rings. The molecule has 3 aromatic rings. The van der Waals surface area contributed by atoms with Crippen LogP contribution in [0.3, 0.4) is 0 Å². The second-order valence-electron chi connectivity index (χ2n) is 6.86. The zero-order chi connectivity index (χ0) is 21.0. The molecule has 0 aliphatic carbocycles. The van der Waals surface area contributed by atoms with Gasteiger partial charge in [0.05, 0.1) is 12.3 Å². The number of nitrogens with one attached hydrogen (secondary N) is 1. The van der Waals surface area contributed by atoms with Crippen LogP contribution in [-0.4, -0.2) is 12.5 Å². The molecular weight excluding hydrogens is 374 g/mol. The highest BCUT2D eigenvalue weighted by molar-refractivity contribution is 6.02. The number of benzene rings is 3. The van der Waals surface area contributed by atoms with Gasteiger partial charge in [0.15, 0.2) is 0 Å². The number of ether oxygens (including phenoxy) is 2. The number of rotatable bonds is 10. The Hall–Kier alpha value is -3.53. The monoisotopic (exact) mass is 401 g/mol. The maximum atomic E-state index is 12.3. The molecular formula is C26H27NO3. The summed E-state index contributed by atoms with van der Waals surface area (Å²) < 4.78 is 11.5. The highest BCUT2D eigenvalue weighted by Crippen LogP contribution is 2.24. The fourth-order valence-electron chi connectivity index (χ4n) is 2.78. The molecule has 1 amide bonds. The van der Waals surface area contributed by atoms with Crippen molar-refractivity contribution >= 4 is 17.7 Å². The first-order valence-corrected chi connectivity index (χ1v) is 10.2. The van der Waals surface area contributed by atoms with Crippen molar-refractivity contribution in [2.45, 2.75) is 26.4 Å². The lowest BCUT2D eigenvalue weighted by molar-refractivity contribution is -0.111. The first-order chi connectivity index (χ1) is 14.7. The summed E-state index contributed by atoms with van der Waals surface area (Å²) in [7, 11) is 0. The Morgan fingerprint density at radius 3 is 2.40 bits per heavy atom. The van der Waals surface area contributed by atoms with Gasteiger partial charge in [-0.3, -0.25) is 4.79 Å². The Bertz CT molecular complexity index is 950. The fraction of sp³-hybridized carbons (Fsp3) is 0.192. The predicted molar refractivity (Wildman–Crippen MR) is 122 cm³/mol. The summed E-state index contributed by atoms with van der Waals surface area (Å²) >= 11 is 0. The third-order valence-electron chi connectivity index (χ3n) is 4.46. The third-order valence-corrected chi connectivity index (χ3v) is 4.46. The number of carbonyl (C=O) groups excluding carboxylic acids is 1. The Kier molecular flexibility index (Phi) is 8.10. The van der Waals surface area contributed by atoms with Gasteiger partial charge in [-0.25, -0.2) is 0 Å². The van der Waals surface area contributed by atoms with E-state index in [1.54, 1.807) is 6.08 Å². The summed E-state index contributed by atoms with van der Waals surface area (Å²) in [5.41, 5.74) is 2.72. The quantitative estimate of drug-likeness (QED) is 0.330. The molecule has 0 aliphatic heterocycles. The molecule has 0 aromatic heterocycles. The fourth-order valence-corrected chi connectivity index (χ4v) is 2.78. The maximum Gasteiger partial charge on any atom is 0.248 e. The molecule has 0 heterocycles. The molecule has 3 rings (SSSR count). The van der Waals surface area contributed by atoms with E-state index in [0.717, 1.165) is 29.7 Å². The first-order valence-electron chi connectivity index (χ1n) is 10.2. The van der Waals surface area contributed by atoms with E-state index in [4.69, 9.17) is 9.47 Å². The Morgan fingerprint density at radius 1 is 0.900 bits per heavy atom. The van der Waals surface area contributed by atoms with Crippen LogP contribution < -0.4 is 14.8 Å². The normalized spacial score (nSPS) is 10.7. The molecule has 0 unspecified atom stereocenters. The van der Waals surface area contributed by atoms with Gasteiger partial charge in [-0.15, -0.1) is 0 Å². The van der Waals surface area contributed by atoms with Crippen LogP contribution in [0.15, 0.2) is 84.9 Å². The van der Waals surface area contributed by atoms with Crippen molar-refractivity contribution in [1.29, 1.82) is 0 Å². The van der Waals surface area contributed by atoms with Crippen LogP contribution in [-0.2, 0) is 11.4 Å². The topological polar surface area (TPSA) is 47.6 Å². The molecule has 0 atom stereocenters. The largest absolute Gasteiger partial charge is 0.491 e. The molecule has 0 saturated heterocycles. The molecule has 0 fully saturated rings. The van der Waals surface area contributed by atoms with E-state index in [2.05, 4.69) is 12.2 Å². The van der Waals surface area contributed by atoms with E-state index in [-0.39, 0.29) is 5.91 Å². The van der Waals surface area contributed by atoms with Gasteiger partial charge in [0.2, 0.25) is 5.91 Å². The van der Waals surface area contributed by atoms with E-state index in [1.807, 2.05) is 78.9 Å². The van der Waals surface area contributed by atoms with Crippen LogP contribution in [0, 0.1) is 0 Å². The number of hydrogen-bond acceptors (Lipinski definition) is 3. The van der Waals surface area contributed by atoms with Crippen LogP contribution in [0.2, 0.25) is 0 Å². The Labute approximate surface area is 178 Å². The number of anilines is 1. The molecule has 154 valence electrons. The van der Waals surface area contributed by atoms with Crippen LogP contribution in [0.25, 0.3) is 6.08 Å². The van der Waals surface area contributed by atoms with Crippen LogP contribution in [0.5, 0.6) is 11.5 Å². The lowest BCUT2D eigenvalue weighted by atomic mass is 10.2. The van der Waals surface area contributed by atoms with Gasteiger partial charge < -0.3 is 14.8 Å². The van der Waals surface area contributed by atoms with Gasteiger partial charge in [-0.05, 0) is 47.9 Å². The van der Waals surface area contributed by atoms with Crippen molar-refractivity contribution < 1.29 is 14.3 Å². The summed E-state index contributed by atoms with van der Waals surface area (Å²) in [4.78, 5) is 12.3. The van der Waals surface area contributed by atoms with Crippen molar-refractivity contribution in [3.8, 4) is 11.5 Å². The minimum Gasteiger partial charge on any atom is -0.491 e. The average Bonchev–Trinajstić information content (AvgIpc) is 2.79. The lowest BCUT2D eigenvalue weighted by Gasteiger charge is -2.11. The summed E-state index contributed by atoms with van der Waals surface area (Å²) in [5, 5.41) is 2.88. The number of para-hydroxylation sites is 2. The van der Waals surface area contributed by atoms with Crippen LogP contribution in [0.1, 0.15) is 30.9 Å². The number of amides is 1. The minimum atomic E-state index is -0.203. The predicted octanol–water partition coefficient (Wildman–Crippen LogP) is 6.10. The maximum absolute atomic E-state index is 12.3. The van der Waals surface area contributed by atoms with Gasteiger partial charge >= 0.3 is 0 Å². The molecule has 0 bridgehead atoms. The molecule has 30 heavy (non-hydrogen) atoms. The van der Waals surface area contributed by atoms with Crippen LogP contribution >= 0.6 is 0 Å². The summed E-state index contributed by atoms with van der Waals surface area (Å²) in [6.07, 6.45) is 5.33. The van der Waals surface area contributed by atoms with E-state index in [1.165, 1.54) is 6.08 Å². The van der Waals surface area contributed by atoms with E-state index in [0.29, 0.717) is 24.7 Å². The highest BCUT2D eigenvalue weighted by Gasteiger charge is 2.05. The van der Waals surface area contributed by atoms with Crippen molar-refractivity contribution in [3.63, 3.8) is 0 Å². The van der Waals surface area contributed by atoms with Gasteiger partial charge in [-0.1, -0.05) is 67.9 Å². The third kappa shape index (κ3) is 6.82. The first kappa shape index (κ1) is 21.2. The number of hydrogen-bond donors (Lipinski definition) is 1. The SMILES string of the molecule is CCCCOc1ccccc1NC(=O)C=Cc1ccc(OCc2ccccc2)cc1. The minimum absolute atomic E-state index is 0.203. The molecule has 3 aromatic carbocycles. The highest BCUT2D eigenvalue weighted by atomic mass is 16.5. The standard InChI is InChI=1S/C26H27NO3/c1-2-3-19-29-25-12-8-7-11-24(25)27-26(28)18-15-21-13-16-23(17-14-21)30-20-22-9-5-4-6-10-22/h4-18H,2-3,19-20H2,1H3,(H,27,28). The molecule has 4 nitrogen and oxygen atoms in total. The molecule has 0 radical (unpaired) electrons. The van der Waals surface area contributed by atoms with Crippen molar-refractivity contribution in [2.24, 2.45) is 0 Å². The smallest absolute Gasteiger partial charge is 0.248 e. The lowest BCUT2D eigenvalue weighted by Crippen LogP contribution is -2.09.